The molecule has 0 bridgehead atoms. The second-order valence-electron chi connectivity index (χ2n) is 7.58. The van der Waals surface area contributed by atoms with Gasteiger partial charge in [-0.3, -0.25) is 4.79 Å². The molecule has 2 aromatic carbocycles. The van der Waals surface area contributed by atoms with Crippen LogP contribution in [0.4, 0.5) is 4.39 Å². The lowest BCUT2D eigenvalue weighted by molar-refractivity contribution is 0.0686. The molecular weight excluding hydrogens is 445 g/mol. The molecule has 1 aliphatic heterocycles. The third kappa shape index (κ3) is 4.23. The van der Waals surface area contributed by atoms with Crippen molar-refractivity contribution >= 4 is 17.5 Å². The maximum absolute atomic E-state index is 13.7. The summed E-state index contributed by atoms with van der Waals surface area (Å²) in [5.74, 6) is 1.30. The van der Waals surface area contributed by atoms with Crippen LogP contribution in [0, 0.1) is 19.7 Å². The van der Waals surface area contributed by atoms with Gasteiger partial charge in [0.2, 0.25) is 6.10 Å². The van der Waals surface area contributed by atoms with Gasteiger partial charge in [0.1, 0.15) is 12.4 Å². The number of fused-ring (bicyclic) bond motifs is 1. The molecular formula is C24H20FN3O4S. The normalized spacial score (nSPS) is 14.9. The van der Waals surface area contributed by atoms with Crippen molar-refractivity contribution in [3.8, 4) is 17.2 Å². The Morgan fingerprint density at radius 1 is 1.12 bits per heavy atom. The molecule has 4 aromatic rings. The van der Waals surface area contributed by atoms with Gasteiger partial charge in [0, 0.05) is 22.6 Å². The largest absolute Gasteiger partial charge is 0.485 e. The highest BCUT2D eigenvalue weighted by Gasteiger charge is 2.27. The fraction of sp³-hybridized carbons (Fsp3) is 0.208. The summed E-state index contributed by atoms with van der Waals surface area (Å²) >= 11 is 1.16. The third-order valence-corrected chi connectivity index (χ3v) is 6.15. The zero-order chi connectivity index (χ0) is 22.9. The number of halogens is 1. The number of carbonyl (C=O) groups is 1. The molecule has 0 amide bonds. The van der Waals surface area contributed by atoms with E-state index in [1.165, 1.54) is 12.1 Å². The van der Waals surface area contributed by atoms with Crippen molar-refractivity contribution in [2.75, 3.05) is 12.4 Å². The highest BCUT2D eigenvalue weighted by Crippen LogP contribution is 2.36. The highest BCUT2D eigenvalue weighted by molar-refractivity contribution is 7.99. The zero-order valence-electron chi connectivity index (χ0n) is 17.9. The number of hydrogen-bond acceptors (Lipinski definition) is 7. The first kappa shape index (κ1) is 21.3. The first-order valence-corrected chi connectivity index (χ1v) is 11.3. The topological polar surface area (TPSA) is 79.4 Å². The van der Waals surface area contributed by atoms with Gasteiger partial charge in [-0.2, -0.15) is 0 Å². The van der Waals surface area contributed by atoms with Crippen LogP contribution >= 0.6 is 11.8 Å². The van der Waals surface area contributed by atoms with Gasteiger partial charge >= 0.3 is 0 Å². The van der Waals surface area contributed by atoms with Crippen LogP contribution in [0.2, 0.25) is 0 Å². The smallest absolute Gasteiger partial charge is 0.277 e. The molecule has 5 rings (SSSR count). The van der Waals surface area contributed by atoms with Gasteiger partial charge < -0.3 is 18.5 Å². The molecule has 0 fully saturated rings. The number of aryl methyl sites for hydroxylation is 1. The summed E-state index contributed by atoms with van der Waals surface area (Å²) in [5.41, 5.74) is 2.85. The van der Waals surface area contributed by atoms with E-state index in [0.29, 0.717) is 28.6 Å². The SMILES string of the molecule is Cc1cc(C(=O)CSc2nnc([C@H]3COc4ccccc4O3)o2)c(C)n1-c1cccc(F)c1. The number of carbonyl (C=O) groups excluding carboxylic acids is 1. The standard InChI is InChI=1S/C24H20FN3O4S/c1-14-10-18(15(2)28(14)17-7-5-6-16(25)11-17)19(29)13-33-24-27-26-23(32-24)22-12-30-20-8-3-4-9-21(20)31-22/h3-11,22H,12-13H2,1-2H3/t22-/m1/s1. The Balaban J connectivity index is 1.26. The predicted molar refractivity (Wildman–Crippen MR) is 120 cm³/mol. The number of thioether (sulfide) groups is 1. The van der Waals surface area contributed by atoms with Crippen LogP contribution in [0.1, 0.15) is 33.7 Å². The Labute approximate surface area is 193 Å². The Kier molecular flexibility index (Phi) is 5.63. The van der Waals surface area contributed by atoms with Gasteiger partial charge in [0.25, 0.3) is 11.1 Å². The number of Topliss-reactive ketones (excluding diaryl/α,β-unsaturated/α-hetero) is 1. The molecule has 168 valence electrons. The summed E-state index contributed by atoms with van der Waals surface area (Å²) in [5, 5.41) is 8.36. The lowest BCUT2D eigenvalue weighted by Crippen LogP contribution is -2.21. The van der Waals surface area contributed by atoms with E-state index < -0.39 is 6.10 Å². The molecule has 1 atom stereocenters. The molecule has 2 aromatic heterocycles. The van der Waals surface area contributed by atoms with Crippen LogP contribution < -0.4 is 9.47 Å². The van der Waals surface area contributed by atoms with Gasteiger partial charge in [-0.25, -0.2) is 4.39 Å². The second-order valence-corrected chi connectivity index (χ2v) is 8.51. The minimum atomic E-state index is -0.511. The summed E-state index contributed by atoms with van der Waals surface area (Å²) in [6.07, 6.45) is -0.511. The Morgan fingerprint density at radius 3 is 2.76 bits per heavy atom. The maximum atomic E-state index is 13.7. The molecule has 1 aliphatic rings. The molecule has 0 spiro atoms. The summed E-state index contributed by atoms with van der Waals surface area (Å²) in [6, 6.07) is 15.5. The van der Waals surface area contributed by atoms with Gasteiger partial charge in [0.15, 0.2) is 17.3 Å². The molecule has 0 unspecified atom stereocenters. The Hall–Kier alpha value is -3.59. The first-order chi connectivity index (χ1) is 16.0. The molecule has 0 saturated carbocycles. The van der Waals surface area contributed by atoms with Gasteiger partial charge in [-0.05, 0) is 50.2 Å². The number of hydrogen-bond donors (Lipinski definition) is 0. The minimum Gasteiger partial charge on any atom is -0.485 e. The lowest BCUT2D eigenvalue weighted by atomic mass is 10.2. The molecule has 3 heterocycles. The van der Waals surface area contributed by atoms with E-state index in [2.05, 4.69) is 10.2 Å². The molecule has 0 radical (unpaired) electrons. The van der Waals surface area contributed by atoms with Crippen LogP contribution in [0.25, 0.3) is 5.69 Å². The zero-order valence-corrected chi connectivity index (χ0v) is 18.8. The van der Waals surface area contributed by atoms with Crippen LogP contribution in [0.15, 0.2) is 64.2 Å². The lowest BCUT2D eigenvalue weighted by Gasteiger charge is -2.23. The summed E-state index contributed by atoms with van der Waals surface area (Å²) < 4.78 is 32.8. The average Bonchev–Trinajstić information content (AvgIpc) is 3.41. The van der Waals surface area contributed by atoms with Crippen LogP contribution in [-0.4, -0.2) is 32.9 Å². The van der Waals surface area contributed by atoms with Crippen molar-refractivity contribution in [1.29, 1.82) is 0 Å². The van der Waals surface area contributed by atoms with E-state index >= 15 is 0 Å². The third-order valence-electron chi connectivity index (χ3n) is 5.33. The maximum Gasteiger partial charge on any atom is 0.277 e. The Bertz CT molecular complexity index is 1330. The minimum absolute atomic E-state index is 0.0818. The molecule has 33 heavy (non-hydrogen) atoms. The second kappa shape index (κ2) is 8.74. The van der Waals surface area contributed by atoms with Gasteiger partial charge in [-0.15, -0.1) is 10.2 Å². The average molecular weight is 466 g/mol. The van der Waals surface area contributed by atoms with E-state index in [4.69, 9.17) is 13.9 Å². The molecule has 7 nitrogen and oxygen atoms in total. The van der Waals surface area contributed by atoms with Crippen molar-refractivity contribution < 1.29 is 23.1 Å². The number of ether oxygens (including phenoxy) is 2. The predicted octanol–water partition coefficient (Wildman–Crippen LogP) is 5.10. The van der Waals surface area contributed by atoms with E-state index in [1.807, 2.05) is 54.8 Å². The number of para-hydroxylation sites is 2. The summed E-state index contributed by atoms with van der Waals surface area (Å²) in [4.78, 5) is 12.9. The quantitative estimate of drug-likeness (QED) is 0.289. The van der Waals surface area contributed by atoms with Gasteiger partial charge in [0.05, 0.1) is 5.75 Å². The fourth-order valence-electron chi connectivity index (χ4n) is 3.81. The molecule has 0 aliphatic carbocycles. The van der Waals surface area contributed by atoms with Crippen LogP contribution in [-0.2, 0) is 0 Å². The van der Waals surface area contributed by atoms with Crippen LogP contribution in [0.3, 0.4) is 0 Å². The van der Waals surface area contributed by atoms with Crippen molar-refractivity contribution in [3.05, 3.63) is 83.3 Å². The number of ketones is 1. The molecule has 9 heteroatoms. The number of nitrogens with zero attached hydrogens (tertiary/aromatic N) is 3. The van der Waals surface area contributed by atoms with Crippen molar-refractivity contribution in [2.24, 2.45) is 0 Å². The fourth-order valence-corrected chi connectivity index (χ4v) is 4.47. The number of rotatable bonds is 6. The molecule has 0 N–H and O–H groups in total. The molecule has 0 saturated heterocycles. The monoisotopic (exact) mass is 465 g/mol. The van der Waals surface area contributed by atoms with E-state index in [9.17, 15) is 9.18 Å². The highest BCUT2D eigenvalue weighted by atomic mass is 32.2. The first-order valence-electron chi connectivity index (χ1n) is 10.3. The van der Waals surface area contributed by atoms with Crippen molar-refractivity contribution in [2.45, 2.75) is 25.2 Å². The van der Waals surface area contributed by atoms with Crippen molar-refractivity contribution in [1.82, 2.24) is 14.8 Å². The van der Waals surface area contributed by atoms with E-state index in [1.54, 1.807) is 6.07 Å². The van der Waals surface area contributed by atoms with E-state index in [-0.39, 0.29) is 29.2 Å². The van der Waals surface area contributed by atoms with Crippen LogP contribution in [0.5, 0.6) is 11.5 Å². The Morgan fingerprint density at radius 2 is 1.94 bits per heavy atom. The number of aromatic nitrogens is 3. The van der Waals surface area contributed by atoms with E-state index in [0.717, 1.165) is 23.1 Å². The van der Waals surface area contributed by atoms with Crippen molar-refractivity contribution in [3.63, 3.8) is 0 Å². The van der Waals surface area contributed by atoms with Gasteiger partial charge in [-0.1, -0.05) is 30.0 Å². The summed E-state index contributed by atoms with van der Waals surface area (Å²) in [6.45, 7) is 3.99. The summed E-state index contributed by atoms with van der Waals surface area (Å²) in [7, 11) is 0. The number of benzene rings is 2.